The van der Waals surface area contributed by atoms with Crippen molar-refractivity contribution in [2.45, 2.75) is 123 Å². The van der Waals surface area contributed by atoms with Crippen molar-refractivity contribution in [2.24, 2.45) is 40.4 Å². The Morgan fingerprint density at radius 1 is 0.933 bits per heavy atom. The van der Waals surface area contributed by atoms with Crippen LogP contribution in [0.3, 0.4) is 0 Å². The van der Waals surface area contributed by atoms with Gasteiger partial charge < -0.3 is 5.11 Å². The van der Waals surface area contributed by atoms with Crippen molar-refractivity contribution in [3.05, 3.63) is 0 Å². The molecule has 4 fully saturated rings. The Kier molecular flexibility index (Phi) is 6.66. The van der Waals surface area contributed by atoms with Crippen LogP contribution in [-0.4, -0.2) is 23.9 Å². The Morgan fingerprint density at radius 3 is 2.40 bits per heavy atom. The molecule has 3 heteroatoms. The molecule has 8 atom stereocenters. The highest BCUT2D eigenvalue weighted by Crippen LogP contribution is 2.68. The topological polar surface area (TPSA) is 41.5 Å². The highest BCUT2D eigenvalue weighted by molar-refractivity contribution is 5.09. The van der Waals surface area contributed by atoms with E-state index in [1.54, 1.807) is 0 Å². The van der Waals surface area contributed by atoms with Crippen LogP contribution in [0.15, 0.2) is 0 Å². The number of nitrogens with one attached hydrogen (secondary N) is 1. The van der Waals surface area contributed by atoms with E-state index in [1.165, 1.54) is 77.0 Å². The van der Waals surface area contributed by atoms with Crippen LogP contribution in [-0.2, 0) is 4.84 Å². The first kappa shape index (κ1) is 23.1. The fraction of sp³-hybridized carbons (Fsp3) is 1.00. The SMILES string of the molecule is CNOC1CCC2(C)C(CCC3C4CCC(CCCCC(C)(C)O)C4(C)CCC32)C1. The van der Waals surface area contributed by atoms with E-state index >= 15 is 0 Å². The molecule has 4 aliphatic rings. The maximum atomic E-state index is 10.0. The molecule has 3 nitrogen and oxygen atoms in total. The number of fused-ring (bicyclic) bond motifs is 5. The molecule has 0 aromatic carbocycles. The van der Waals surface area contributed by atoms with Gasteiger partial charge in [0, 0.05) is 7.05 Å². The average Bonchev–Trinajstić information content (AvgIpc) is 3.01. The molecule has 0 radical (unpaired) electrons. The van der Waals surface area contributed by atoms with Crippen molar-refractivity contribution in [2.75, 3.05) is 7.05 Å². The lowest BCUT2D eigenvalue weighted by Gasteiger charge is -2.61. The van der Waals surface area contributed by atoms with Gasteiger partial charge in [0.2, 0.25) is 0 Å². The molecular formula is C27H49NO2. The Balaban J connectivity index is 1.39. The van der Waals surface area contributed by atoms with Crippen LogP contribution in [0.1, 0.15) is 111 Å². The number of rotatable bonds is 7. The lowest BCUT2D eigenvalue weighted by molar-refractivity contribution is -0.144. The summed E-state index contributed by atoms with van der Waals surface area (Å²) in [7, 11) is 1.91. The third kappa shape index (κ3) is 4.25. The van der Waals surface area contributed by atoms with Crippen LogP contribution < -0.4 is 5.48 Å². The highest BCUT2D eigenvalue weighted by atomic mass is 16.7. The zero-order valence-corrected chi connectivity index (χ0v) is 20.5. The second-order valence-electron chi connectivity index (χ2n) is 12.8. The van der Waals surface area contributed by atoms with E-state index < -0.39 is 5.60 Å². The molecule has 0 saturated heterocycles. The molecule has 30 heavy (non-hydrogen) atoms. The van der Waals surface area contributed by atoms with Crippen LogP contribution in [0.4, 0.5) is 0 Å². The average molecular weight is 420 g/mol. The van der Waals surface area contributed by atoms with Gasteiger partial charge in [0.05, 0.1) is 11.7 Å². The number of aliphatic hydroxyl groups is 1. The predicted molar refractivity (Wildman–Crippen MR) is 124 cm³/mol. The van der Waals surface area contributed by atoms with Crippen LogP contribution in [0, 0.1) is 40.4 Å². The maximum Gasteiger partial charge on any atom is 0.0793 e. The minimum absolute atomic E-state index is 0.429. The zero-order chi connectivity index (χ0) is 21.6. The van der Waals surface area contributed by atoms with Gasteiger partial charge in [-0.1, -0.05) is 26.7 Å². The summed E-state index contributed by atoms with van der Waals surface area (Å²) in [5.41, 5.74) is 3.61. The molecule has 2 N–H and O–H groups in total. The molecule has 0 aromatic rings. The smallest absolute Gasteiger partial charge is 0.0793 e. The first-order valence-electron chi connectivity index (χ1n) is 13.2. The number of unbranched alkanes of at least 4 members (excludes halogenated alkanes) is 1. The summed E-state index contributed by atoms with van der Waals surface area (Å²) in [4.78, 5) is 5.81. The summed E-state index contributed by atoms with van der Waals surface area (Å²) in [6.07, 6.45) is 17.9. The molecule has 4 saturated carbocycles. The Hall–Kier alpha value is -0.120. The van der Waals surface area contributed by atoms with Crippen LogP contribution in [0.2, 0.25) is 0 Å². The van der Waals surface area contributed by atoms with Gasteiger partial charge in [-0.3, -0.25) is 4.84 Å². The fourth-order valence-corrected chi connectivity index (χ4v) is 9.02. The second kappa shape index (κ2) is 8.67. The van der Waals surface area contributed by atoms with E-state index in [-0.39, 0.29) is 0 Å². The van der Waals surface area contributed by atoms with Crippen LogP contribution in [0.25, 0.3) is 0 Å². The summed E-state index contributed by atoms with van der Waals surface area (Å²) in [6.45, 7) is 9.25. The molecule has 0 amide bonds. The van der Waals surface area contributed by atoms with E-state index in [1.807, 2.05) is 20.9 Å². The molecule has 0 bridgehead atoms. The van der Waals surface area contributed by atoms with Crippen molar-refractivity contribution in [1.29, 1.82) is 0 Å². The van der Waals surface area contributed by atoms with Crippen molar-refractivity contribution in [3.8, 4) is 0 Å². The zero-order valence-electron chi connectivity index (χ0n) is 20.5. The van der Waals surface area contributed by atoms with Gasteiger partial charge >= 0.3 is 0 Å². The summed E-state index contributed by atoms with van der Waals surface area (Å²) >= 11 is 0. The van der Waals surface area contributed by atoms with Gasteiger partial charge in [-0.15, -0.1) is 0 Å². The summed E-state index contributed by atoms with van der Waals surface area (Å²) < 4.78 is 0. The van der Waals surface area contributed by atoms with Crippen molar-refractivity contribution >= 4 is 0 Å². The van der Waals surface area contributed by atoms with Gasteiger partial charge in [0.1, 0.15) is 0 Å². The quantitative estimate of drug-likeness (QED) is 0.366. The summed E-state index contributed by atoms with van der Waals surface area (Å²) in [5.74, 6) is 4.70. The Bertz CT molecular complexity index is 586. The van der Waals surface area contributed by atoms with Gasteiger partial charge in [0.25, 0.3) is 0 Å². The number of hydroxylamine groups is 1. The van der Waals surface area contributed by atoms with Crippen molar-refractivity contribution in [1.82, 2.24) is 5.48 Å². The second-order valence-corrected chi connectivity index (χ2v) is 12.8. The van der Waals surface area contributed by atoms with E-state index in [0.29, 0.717) is 16.9 Å². The normalized spacial score (nSPS) is 46.2. The number of hydrogen-bond donors (Lipinski definition) is 2. The van der Waals surface area contributed by atoms with E-state index in [4.69, 9.17) is 4.84 Å². The lowest BCUT2D eigenvalue weighted by atomic mass is 9.44. The molecule has 8 unspecified atom stereocenters. The molecule has 0 aromatic heterocycles. The first-order valence-corrected chi connectivity index (χ1v) is 13.2. The monoisotopic (exact) mass is 419 g/mol. The van der Waals surface area contributed by atoms with Gasteiger partial charge in [-0.25, -0.2) is 5.48 Å². The van der Waals surface area contributed by atoms with Crippen LogP contribution >= 0.6 is 0 Å². The highest BCUT2D eigenvalue weighted by Gasteiger charge is 2.59. The van der Waals surface area contributed by atoms with Gasteiger partial charge in [-0.05, 0) is 125 Å². The minimum atomic E-state index is -0.495. The standard InChI is InChI=1S/C27H49NO2/c1-25(2,29)15-7-6-8-19-10-12-23-22-11-9-20-18-21(30-28-5)13-16-27(20,4)24(22)14-17-26(19,23)3/h19-24,28-29H,6-18H2,1-5H3. The third-order valence-electron chi connectivity index (χ3n) is 10.7. The molecule has 0 aliphatic heterocycles. The summed E-state index contributed by atoms with van der Waals surface area (Å²) in [5, 5.41) is 10.0. The molecular weight excluding hydrogens is 370 g/mol. The maximum absolute atomic E-state index is 10.0. The van der Waals surface area contributed by atoms with E-state index in [2.05, 4.69) is 19.3 Å². The molecule has 0 spiro atoms. The van der Waals surface area contributed by atoms with Crippen molar-refractivity contribution in [3.63, 3.8) is 0 Å². The molecule has 4 aliphatic carbocycles. The third-order valence-corrected chi connectivity index (χ3v) is 10.7. The summed E-state index contributed by atoms with van der Waals surface area (Å²) in [6, 6.07) is 0. The van der Waals surface area contributed by atoms with Gasteiger partial charge in [-0.2, -0.15) is 0 Å². The number of hydrogen-bond acceptors (Lipinski definition) is 3. The first-order chi connectivity index (χ1) is 14.2. The minimum Gasteiger partial charge on any atom is -0.390 e. The van der Waals surface area contributed by atoms with Crippen LogP contribution in [0.5, 0.6) is 0 Å². The Labute approximate surface area is 186 Å². The lowest BCUT2D eigenvalue weighted by Crippen LogP contribution is -2.54. The Morgan fingerprint density at radius 2 is 1.67 bits per heavy atom. The largest absolute Gasteiger partial charge is 0.390 e. The van der Waals surface area contributed by atoms with E-state index in [0.717, 1.165) is 36.0 Å². The fourth-order valence-electron chi connectivity index (χ4n) is 9.02. The van der Waals surface area contributed by atoms with Crippen molar-refractivity contribution < 1.29 is 9.94 Å². The molecule has 174 valence electrons. The van der Waals surface area contributed by atoms with Gasteiger partial charge in [0.15, 0.2) is 0 Å². The molecule has 4 rings (SSSR count). The predicted octanol–water partition coefficient (Wildman–Crippen LogP) is 6.50. The molecule has 0 heterocycles. The van der Waals surface area contributed by atoms with E-state index in [9.17, 15) is 5.11 Å².